The molecule has 1 aliphatic rings. The molecule has 2 heterocycles. The summed E-state index contributed by atoms with van der Waals surface area (Å²) in [5.74, 6) is -0.869. The molecule has 0 aliphatic carbocycles. The summed E-state index contributed by atoms with van der Waals surface area (Å²) in [6.45, 7) is 3.53. The van der Waals surface area contributed by atoms with Crippen LogP contribution in [0, 0.1) is 6.92 Å². The van der Waals surface area contributed by atoms with Crippen LogP contribution in [0.1, 0.15) is 42.1 Å². The Morgan fingerprint density at radius 3 is 2.85 bits per heavy atom. The van der Waals surface area contributed by atoms with Crippen molar-refractivity contribution in [2.24, 2.45) is 0 Å². The van der Waals surface area contributed by atoms with Gasteiger partial charge in [-0.2, -0.15) is 0 Å². The minimum Gasteiger partial charge on any atom is -0.461 e. The molecule has 0 bridgehead atoms. The molecule has 0 saturated carbocycles. The smallest absolute Gasteiger partial charge is 0.360 e. The Labute approximate surface area is 115 Å². The largest absolute Gasteiger partial charge is 0.461 e. The van der Waals surface area contributed by atoms with Gasteiger partial charge in [0.15, 0.2) is 5.69 Å². The van der Waals surface area contributed by atoms with Crippen LogP contribution >= 0.6 is 0 Å². The summed E-state index contributed by atoms with van der Waals surface area (Å²) in [5.41, 5.74) is 5.89. The van der Waals surface area contributed by atoms with Gasteiger partial charge in [-0.1, -0.05) is 0 Å². The second kappa shape index (κ2) is 5.32. The number of nitrogens with zero attached hydrogens (tertiary/aromatic N) is 2. The van der Waals surface area contributed by atoms with E-state index in [4.69, 9.17) is 10.5 Å². The number of carbonyl (C=O) groups excluding carboxylic acids is 3. The lowest BCUT2D eigenvalue weighted by atomic mass is 10.1. The van der Waals surface area contributed by atoms with Crippen molar-refractivity contribution in [3.8, 4) is 0 Å². The monoisotopic (exact) mass is 280 g/mol. The van der Waals surface area contributed by atoms with Gasteiger partial charge >= 0.3 is 5.97 Å². The zero-order valence-electron chi connectivity index (χ0n) is 11.3. The highest BCUT2D eigenvalue weighted by Crippen LogP contribution is 2.26. The van der Waals surface area contributed by atoms with Crippen molar-refractivity contribution in [2.75, 3.05) is 12.3 Å². The van der Waals surface area contributed by atoms with E-state index in [0.29, 0.717) is 12.2 Å². The van der Waals surface area contributed by atoms with E-state index < -0.39 is 17.9 Å². The minimum atomic E-state index is -0.636. The number of nitrogens with one attached hydrogen (secondary N) is 1. The summed E-state index contributed by atoms with van der Waals surface area (Å²) >= 11 is 0. The first-order valence-electron chi connectivity index (χ1n) is 6.30. The number of aromatic nitrogens is 2. The van der Waals surface area contributed by atoms with Gasteiger partial charge in [0.2, 0.25) is 11.8 Å². The summed E-state index contributed by atoms with van der Waals surface area (Å²) < 4.78 is 6.33. The predicted octanol–water partition coefficient (Wildman–Crippen LogP) is -0.0719. The second-order valence-corrected chi connectivity index (χ2v) is 4.45. The Kier molecular flexibility index (Phi) is 3.73. The number of ether oxygens (including phenoxy) is 1. The molecule has 2 amide bonds. The molecule has 1 fully saturated rings. The molecular weight excluding hydrogens is 264 g/mol. The highest BCUT2D eigenvalue weighted by molar-refractivity contribution is 6.00. The van der Waals surface area contributed by atoms with Crippen LogP contribution in [-0.4, -0.2) is 33.9 Å². The van der Waals surface area contributed by atoms with Crippen LogP contribution in [-0.2, 0) is 14.3 Å². The normalized spacial score (nSPS) is 18.8. The van der Waals surface area contributed by atoms with Gasteiger partial charge in [0.25, 0.3) is 0 Å². The number of hydrogen-bond acceptors (Lipinski definition) is 6. The van der Waals surface area contributed by atoms with Crippen molar-refractivity contribution in [1.29, 1.82) is 0 Å². The maximum absolute atomic E-state index is 11.9. The lowest BCUT2D eigenvalue weighted by molar-refractivity contribution is -0.135. The summed E-state index contributed by atoms with van der Waals surface area (Å²) in [5, 5.41) is 2.25. The molecule has 1 atom stereocenters. The van der Waals surface area contributed by atoms with Crippen molar-refractivity contribution < 1.29 is 19.1 Å². The van der Waals surface area contributed by atoms with Crippen molar-refractivity contribution in [3.05, 3.63) is 11.5 Å². The molecule has 1 aliphatic heterocycles. The van der Waals surface area contributed by atoms with E-state index in [1.165, 1.54) is 4.57 Å². The van der Waals surface area contributed by atoms with Crippen LogP contribution in [0.5, 0.6) is 0 Å². The van der Waals surface area contributed by atoms with Crippen LogP contribution in [0.4, 0.5) is 5.82 Å². The molecule has 1 aromatic rings. The number of rotatable bonds is 3. The molecular formula is C12H16N4O4. The highest BCUT2D eigenvalue weighted by Gasteiger charge is 2.32. The molecule has 108 valence electrons. The third-order valence-electron chi connectivity index (χ3n) is 3.11. The number of piperidine rings is 1. The van der Waals surface area contributed by atoms with Crippen LogP contribution in [0.25, 0.3) is 0 Å². The average Bonchev–Trinajstić information content (AvgIpc) is 2.66. The van der Waals surface area contributed by atoms with Gasteiger partial charge in [-0.25, -0.2) is 9.78 Å². The molecule has 1 aromatic heterocycles. The number of imidazole rings is 1. The predicted molar refractivity (Wildman–Crippen MR) is 68.8 cm³/mol. The quantitative estimate of drug-likeness (QED) is 0.591. The zero-order chi connectivity index (χ0) is 14.9. The van der Waals surface area contributed by atoms with Gasteiger partial charge in [0.1, 0.15) is 17.7 Å². The Hall–Kier alpha value is -2.38. The summed E-state index contributed by atoms with van der Waals surface area (Å²) in [7, 11) is 0. The number of esters is 1. The number of nitrogen functional groups attached to an aromatic ring is 1. The van der Waals surface area contributed by atoms with E-state index in [1.54, 1.807) is 13.8 Å². The van der Waals surface area contributed by atoms with Crippen LogP contribution < -0.4 is 11.1 Å². The van der Waals surface area contributed by atoms with Crippen LogP contribution in [0.2, 0.25) is 0 Å². The third kappa shape index (κ3) is 2.36. The van der Waals surface area contributed by atoms with Crippen molar-refractivity contribution >= 4 is 23.6 Å². The highest BCUT2D eigenvalue weighted by atomic mass is 16.5. The lowest BCUT2D eigenvalue weighted by Crippen LogP contribution is -2.42. The number of aryl methyl sites for hydroxylation is 1. The van der Waals surface area contributed by atoms with Gasteiger partial charge in [0, 0.05) is 6.42 Å². The van der Waals surface area contributed by atoms with Gasteiger partial charge in [-0.3, -0.25) is 14.9 Å². The van der Waals surface area contributed by atoms with Crippen LogP contribution in [0.15, 0.2) is 0 Å². The topological polar surface area (TPSA) is 116 Å². The fourth-order valence-corrected chi connectivity index (χ4v) is 2.23. The van der Waals surface area contributed by atoms with Crippen molar-refractivity contribution in [2.45, 2.75) is 32.7 Å². The Bertz CT molecular complexity index is 578. The molecule has 3 N–H and O–H groups in total. The van der Waals surface area contributed by atoms with E-state index in [2.05, 4.69) is 10.3 Å². The summed E-state index contributed by atoms with van der Waals surface area (Å²) in [6.07, 6.45) is 0.552. The third-order valence-corrected chi connectivity index (χ3v) is 3.11. The van der Waals surface area contributed by atoms with E-state index >= 15 is 0 Å². The Balaban J connectivity index is 2.35. The number of carbonyl (C=O) groups is 3. The van der Waals surface area contributed by atoms with Gasteiger partial charge in [0.05, 0.1) is 6.61 Å². The maximum atomic E-state index is 11.9. The zero-order valence-corrected chi connectivity index (χ0v) is 11.3. The van der Waals surface area contributed by atoms with E-state index in [9.17, 15) is 14.4 Å². The summed E-state index contributed by atoms with van der Waals surface area (Å²) in [4.78, 5) is 38.8. The maximum Gasteiger partial charge on any atom is 0.360 e. The lowest BCUT2D eigenvalue weighted by Gasteiger charge is -2.23. The van der Waals surface area contributed by atoms with Crippen molar-refractivity contribution in [3.63, 3.8) is 0 Å². The molecule has 1 saturated heterocycles. The standard InChI is InChI=1S/C12H16N4O4/c1-3-20-12(19)9-10(13)16(6(2)14-9)7-4-5-8(17)15-11(7)18/h7H,3-5,13H2,1-2H3,(H,15,17,18). The van der Waals surface area contributed by atoms with E-state index in [-0.39, 0.29) is 30.4 Å². The van der Waals surface area contributed by atoms with Crippen molar-refractivity contribution in [1.82, 2.24) is 14.9 Å². The number of hydrogen-bond donors (Lipinski definition) is 2. The van der Waals surface area contributed by atoms with E-state index in [0.717, 1.165) is 0 Å². The Morgan fingerprint density at radius 2 is 2.25 bits per heavy atom. The van der Waals surface area contributed by atoms with Gasteiger partial charge < -0.3 is 15.0 Å². The fraction of sp³-hybridized carbons (Fsp3) is 0.500. The van der Waals surface area contributed by atoms with Gasteiger partial charge in [-0.15, -0.1) is 0 Å². The van der Waals surface area contributed by atoms with E-state index in [1.807, 2.05) is 0 Å². The molecule has 2 rings (SSSR count). The molecule has 0 radical (unpaired) electrons. The Morgan fingerprint density at radius 1 is 1.55 bits per heavy atom. The average molecular weight is 280 g/mol. The first-order valence-corrected chi connectivity index (χ1v) is 6.30. The SMILES string of the molecule is CCOC(=O)c1nc(C)n(C2CCC(=O)NC2=O)c1N. The molecule has 8 heteroatoms. The molecule has 0 spiro atoms. The first kappa shape index (κ1) is 14.0. The number of imide groups is 1. The number of anilines is 1. The second-order valence-electron chi connectivity index (χ2n) is 4.45. The molecule has 8 nitrogen and oxygen atoms in total. The fourth-order valence-electron chi connectivity index (χ4n) is 2.23. The minimum absolute atomic E-state index is 0.00551. The number of amides is 2. The first-order chi connectivity index (χ1) is 9.45. The van der Waals surface area contributed by atoms with Crippen LogP contribution in [0.3, 0.4) is 0 Å². The molecule has 1 unspecified atom stereocenters. The summed E-state index contributed by atoms with van der Waals surface area (Å²) in [6, 6.07) is -0.636. The van der Waals surface area contributed by atoms with Gasteiger partial charge in [-0.05, 0) is 20.3 Å². The number of nitrogens with two attached hydrogens (primary N) is 1. The molecule has 20 heavy (non-hydrogen) atoms. The molecule has 0 aromatic carbocycles.